The van der Waals surface area contributed by atoms with E-state index in [1.807, 2.05) is 30.3 Å². The molecule has 3 rings (SSSR count). The minimum atomic E-state index is -3.50. The zero-order chi connectivity index (χ0) is 20.0. The summed E-state index contributed by atoms with van der Waals surface area (Å²) in [6, 6.07) is 12.4. The number of hydrogen-bond acceptors (Lipinski definition) is 5. The van der Waals surface area contributed by atoms with E-state index in [4.69, 9.17) is 4.74 Å². The molecule has 0 bridgehead atoms. The average Bonchev–Trinajstić information content (AvgIpc) is 2.73. The number of sulfonamides is 1. The second-order valence-corrected chi connectivity index (χ2v) is 8.79. The van der Waals surface area contributed by atoms with E-state index in [0.29, 0.717) is 38.2 Å². The molecule has 1 aromatic carbocycles. The second-order valence-electron chi connectivity index (χ2n) is 6.85. The largest absolute Gasteiger partial charge is 0.481 e. The SMILES string of the molecule is CC(Oc1ccccc1)C(=O)NCC1CCN(S(=O)(=O)c2cccnc2)CC1. The summed E-state index contributed by atoms with van der Waals surface area (Å²) in [5, 5.41) is 2.92. The van der Waals surface area contributed by atoms with Crippen molar-refractivity contribution in [2.24, 2.45) is 5.92 Å². The van der Waals surface area contributed by atoms with Gasteiger partial charge in [0.15, 0.2) is 6.10 Å². The van der Waals surface area contributed by atoms with Crippen LogP contribution in [0.25, 0.3) is 0 Å². The molecule has 1 saturated heterocycles. The van der Waals surface area contributed by atoms with Crippen molar-refractivity contribution in [2.45, 2.75) is 30.8 Å². The van der Waals surface area contributed by atoms with Crippen LogP contribution < -0.4 is 10.1 Å². The number of hydrogen-bond donors (Lipinski definition) is 1. The molecule has 1 aliphatic rings. The second kappa shape index (κ2) is 9.16. The van der Waals surface area contributed by atoms with Crippen LogP contribution in [0.4, 0.5) is 0 Å². The van der Waals surface area contributed by atoms with Gasteiger partial charge in [-0.2, -0.15) is 4.31 Å². The van der Waals surface area contributed by atoms with E-state index < -0.39 is 16.1 Å². The van der Waals surface area contributed by atoms with Gasteiger partial charge in [0.05, 0.1) is 0 Å². The monoisotopic (exact) mass is 403 g/mol. The Hall–Kier alpha value is -2.45. The molecule has 150 valence electrons. The lowest BCUT2D eigenvalue weighted by Gasteiger charge is -2.31. The van der Waals surface area contributed by atoms with Gasteiger partial charge >= 0.3 is 0 Å². The van der Waals surface area contributed by atoms with Crippen molar-refractivity contribution in [2.75, 3.05) is 19.6 Å². The average molecular weight is 404 g/mol. The molecular weight excluding hydrogens is 378 g/mol. The first-order valence-electron chi connectivity index (χ1n) is 9.36. The first-order chi connectivity index (χ1) is 13.5. The number of nitrogens with zero attached hydrogens (tertiary/aromatic N) is 2. The van der Waals surface area contributed by atoms with Crippen molar-refractivity contribution in [1.29, 1.82) is 0 Å². The zero-order valence-corrected chi connectivity index (χ0v) is 16.6. The number of piperidine rings is 1. The first kappa shape index (κ1) is 20.3. The maximum Gasteiger partial charge on any atom is 0.260 e. The number of benzene rings is 1. The predicted octanol–water partition coefficient (Wildman–Crippen LogP) is 2.07. The fraction of sp³-hybridized carbons (Fsp3) is 0.400. The molecule has 1 fully saturated rings. The van der Waals surface area contributed by atoms with Gasteiger partial charge in [0.2, 0.25) is 10.0 Å². The molecule has 1 atom stereocenters. The normalized spacial score (nSPS) is 17.0. The van der Waals surface area contributed by atoms with Gasteiger partial charge in [-0.15, -0.1) is 0 Å². The van der Waals surface area contributed by atoms with Crippen LogP contribution in [0.1, 0.15) is 19.8 Å². The van der Waals surface area contributed by atoms with E-state index in [2.05, 4.69) is 10.3 Å². The molecular formula is C20H25N3O4S. The highest BCUT2D eigenvalue weighted by molar-refractivity contribution is 7.89. The Morgan fingerprint density at radius 1 is 1.21 bits per heavy atom. The Bertz CT molecular complexity index is 867. The molecule has 1 N–H and O–H groups in total. The van der Waals surface area contributed by atoms with Crippen molar-refractivity contribution in [3.05, 3.63) is 54.9 Å². The third kappa shape index (κ3) is 5.08. The molecule has 1 aromatic heterocycles. The van der Waals surface area contributed by atoms with Gasteiger partial charge in [-0.3, -0.25) is 9.78 Å². The van der Waals surface area contributed by atoms with E-state index in [1.54, 1.807) is 25.3 Å². The molecule has 28 heavy (non-hydrogen) atoms. The summed E-state index contributed by atoms with van der Waals surface area (Å²) in [7, 11) is -3.50. The lowest BCUT2D eigenvalue weighted by molar-refractivity contribution is -0.127. The van der Waals surface area contributed by atoms with Crippen molar-refractivity contribution >= 4 is 15.9 Å². The molecule has 8 heteroatoms. The summed E-state index contributed by atoms with van der Waals surface area (Å²) >= 11 is 0. The maximum atomic E-state index is 12.6. The zero-order valence-electron chi connectivity index (χ0n) is 15.8. The Morgan fingerprint density at radius 3 is 2.57 bits per heavy atom. The molecule has 1 aliphatic heterocycles. The number of nitrogens with one attached hydrogen (secondary N) is 1. The highest BCUT2D eigenvalue weighted by atomic mass is 32.2. The molecule has 1 amide bonds. The van der Waals surface area contributed by atoms with Gasteiger partial charge in [-0.05, 0) is 49.9 Å². The van der Waals surface area contributed by atoms with Crippen molar-refractivity contribution in [3.63, 3.8) is 0 Å². The van der Waals surface area contributed by atoms with Crippen LogP contribution in [-0.2, 0) is 14.8 Å². The van der Waals surface area contributed by atoms with Crippen LogP contribution in [0.3, 0.4) is 0 Å². The highest BCUT2D eigenvalue weighted by Crippen LogP contribution is 2.23. The summed E-state index contributed by atoms with van der Waals surface area (Å²) in [5.74, 6) is 0.724. The van der Waals surface area contributed by atoms with E-state index >= 15 is 0 Å². The van der Waals surface area contributed by atoms with E-state index in [1.165, 1.54) is 10.5 Å². The Kier molecular flexibility index (Phi) is 6.64. The third-order valence-electron chi connectivity index (χ3n) is 4.84. The van der Waals surface area contributed by atoms with E-state index in [-0.39, 0.29) is 16.7 Å². The molecule has 2 heterocycles. The fourth-order valence-corrected chi connectivity index (χ4v) is 4.58. The van der Waals surface area contributed by atoms with Gasteiger partial charge in [0.25, 0.3) is 5.91 Å². The number of amides is 1. The number of aromatic nitrogens is 1. The van der Waals surface area contributed by atoms with E-state index in [9.17, 15) is 13.2 Å². The van der Waals surface area contributed by atoms with E-state index in [0.717, 1.165) is 0 Å². The van der Waals surface area contributed by atoms with Gasteiger partial charge in [-0.25, -0.2) is 8.42 Å². The summed E-state index contributed by atoms with van der Waals surface area (Å²) in [6.45, 7) is 3.11. The lowest BCUT2D eigenvalue weighted by Crippen LogP contribution is -2.43. The minimum absolute atomic E-state index is 0.172. The van der Waals surface area contributed by atoms with Gasteiger partial charge in [-0.1, -0.05) is 18.2 Å². The minimum Gasteiger partial charge on any atom is -0.481 e. The predicted molar refractivity (Wildman–Crippen MR) is 105 cm³/mol. The maximum absolute atomic E-state index is 12.6. The number of para-hydroxylation sites is 1. The fourth-order valence-electron chi connectivity index (χ4n) is 3.15. The standard InChI is InChI=1S/C20H25N3O4S/c1-16(27-18-6-3-2-4-7-18)20(24)22-14-17-9-12-23(13-10-17)28(25,26)19-8-5-11-21-15-19/h2-8,11,15-17H,9-10,12-14H2,1H3,(H,22,24). The number of carbonyl (C=O) groups excluding carboxylic acids is 1. The van der Waals surface area contributed by atoms with Crippen LogP contribution in [0.15, 0.2) is 59.8 Å². The number of ether oxygens (including phenoxy) is 1. The molecule has 0 spiro atoms. The molecule has 0 aliphatic carbocycles. The summed E-state index contributed by atoms with van der Waals surface area (Å²) in [5.41, 5.74) is 0. The van der Waals surface area contributed by atoms with Crippen LogP contribution in [0.5, 0.6) is 5.75 Å². The number of carbonyl (C=O) groups is 1. The van der Waals surface area contributed by atoms with Gasteiger partial charge < -0.3 is 10.1 Å². The Labute approximate surface area is 165 Å². The topological polar surface area (TPSA) is 88.6 Å². The van der Waals surface area contributed by atoms with Crippen LogP contribution in [-0.4, -0.2) is 49.4 Å². The Balaban J connectivity index is 1.45. The molecule has 0 saturated carbocycles. The Morgan fingerprint density at radius 2 is 1.93 bits per heavy atom. The first-order valence-corrected chi connectivity index (χ1v) is 10.8. The number of rotatable bonds is 7. The number of pyridine rings is 1. The van der Waals surface area contributed by atoms with Crippen LogP contribution in [0.2, 0.25) is 0 Å². The van der Waals surface area contributed by atoms with Crippen molar-refractivity contribution in [3.8, 4) is 5.75 Å². The summed E-state index contributed by atoms with van der Waals surface area (Å²) in [6.07, 6.45) is 3.74. The van der Waals surface area contributed by atoms with Crippen LogP contribution >= 0.6 is 0 Å². The van der Waals surface area contributed by atoms with Crippen molar-refractivity contribution < 1.29 is 17.9 Å². The van der Waals surface area contributed by atoms with Gasteiger partial charge in [0.1, 0.15) is 10.6 Å². The van der Waals surface area contributed by atoms with Crippen molar-refractivity contribution in [1.82, 2.24) is 14.6 Å². The third-order valence-corrected chi connectivity index (χ3v) is 6.72. The molecule has 2 aromatic rings. The quantitative estimate of drug-likeness (QED) is 0.765. The molecule has 1 unspecified atom stereocenters. The highest BCUT2D eigenvalue weighted by Gasteiger charge is 2.29. The molecule has 7 nitrogen and oxygen atoms in total. The smallest absolute Gasteiger partial charge is 0.260 e. The molecule has 0 radical (unpaired) electrons. The lowest BCUT2D eigenvalue weighted by atomic mass is 9.98. The summed E-state index contributed by atoms with van der Waals surface area (Å²) in [4.78, 5) is 16.4. The van der Waals surface area contributed by atoms with Gasteiger partial charge in [0, 0.05) is 32.0 Å². The van der Waals surface area contributed by atoms with Crippen LogP contribution in [0, 0.1) is 5.92 Å². The summed E-state index contributed by atoms with van der Waals surface area (Å²) < 4.78 is 32.4.